The Hall–Kier alpha value is -2.15. The molecule has 2 aromatic rings. The van der Waals surface area contributed by atoms with Crippen molar-refractivity contribution in [1.82, 2.24) is 15.1 Å². The highest BCUT2D eigenvalue weighted by Crippen LogP contribution is 2.22. The number of aromatic amines is 1. The SMILES string of the molecule is CCc1ccc(-c2cc(C(=O)N3CCC[C@H](CS(C)(=O)=O)C3)[nH]n2)cc1. The molecule has 1 fully saturated rings. The standard InChI is InChI=1S/C19H25N3O3S/c1-3-14-6-8-16(9-7-14)17-11-18(21-20-17)19(23)22-10-4-5-15(12-22)13-26(2,24)25/h6-9,11,15H,3-5,10,12-13H2,1-2H3,(H,20,21)/t15-/m0/s1. The van der Waals surface area contributed by atoms with Crippen molar-refractivity contribution >= 4 is 15.7 Å². The second-order valence-corrected chi connectivity index (χ2v) is 9.25. The number of aryl methyl sites for hydroxylation is 1. The van der Waals surface area contributed by atoms with Crippen LogP contribution in [0.3, 0.4) is 0 Å². The van der Waals surface area contributed by atoms with Crippen molar-refractivity contribution in [2.75, 3.05) is 25.1 Å². The molecule has 0 unspecified atom stereocenters. The zero-order chi connectivity index (χ0) is 18.7. The highest BCUT2D eigenvalue weighted by molar-refractivity contribution is 7.90. The molecule has 1 aromatic carbocycles. The molecule has 1 aliphatic heterocycles. The summed E-state index contributed by atoms with van der Waals surface area (Å²) < 4.78 is 23.1. The summed E-state index contributed by atoms with van der Waals surface area (Å²) in [4.78, 5) is 14.5. The summed E-state index contributed by atoms with van der Waals surface area (Å²) in [6.45, 7) is 3.24. The van der Waals surface area contributed by atoms with E-state index in [1.54, 1.807) is 11.0 Å². The van der Waals surface area contributed by atoms with Gasteiger partial charge in [-0.3, -0.25) is 9.89 Å². The minimum Gasteiger partial charge on any atom is -0.337 e. The van der Waals surface area contributed by atoms with E-state index in [2.05, 4.69) is 29.3 Å². The molecule has 2 heterocycles. The van der Waals surface area contributed by atoms with Gasteiger partial charge in [0.1, 0.15) is 15.5 Å². The van der Waals surface area contributed by atoms with Crippen LogP contribution >= 0.6 is 0 Å². The third-order valence-electron chi connectivity index (χ3n) is 4.81. The zero-order valence-corrected chi connectivity index (χ0v) is 16.1. The van der Waals surface area contributed by atoms with E-state index in [4.69, 9.17) is 0 Å². The maximum absolute atomic E-state index is 12.8. The number of hydrogen-bond acceptors (Lipinski definition) is 4. The number of sulfone groups is 1. The fourth-order valence-electron chi connectivity index (χ4n) is 3.47. The Morgan fingerprint density at radius 1 is 1.31 bits per heavy atom. The van der Waals surface area contributed by atoms with Crippen LogP contribution in [0.5, 0.6) is 0 Å². The number of rotatable bonds is 5. The number of amides is 1. The van der Waals surface area contributed by atoms with Gasteiger partial charge in [-0.05, 0) is 36.8 Å². The van der Waals surface area contributed by atoms with E-state index in [0.717, 1.165) is 30.5 Å². The Morgan fingerprint density at radius 2 is 2.04 bits per heavy atom. The average Bonchev–Trinajstić information content (AvgIpc) is 3.10. The van der Waals surface area contributed by atoms with Gasteiger partial charge in [-0.15, -0.1) is 0 Å². The number of nitrogens with zero attached hydrogens (tertiary/aromatic N) is 2. The summed E-state index contributed by atoms with van der Waals surface area (Å²) in [5.74, 6) is 0.0215. The maximum atomic E-state index is 12.8. The summed E-state index contributed by atoms with van der Waals surface area (Å²) in [6.07, 6.45) is 3.90. The van der Waals surface area contributed by atoms with Crippen molar-refractivity contribution in [1.29, 1.82) is 0 Å². The van der Waals surface area contributed by atoms with E-state index in [1.807, 2.05) is 12.1 Å². The average molecular weight is 375 g/mol. The molecule has 26 heavy (non-hydrogen) atoms. The number of hydrogen-bond donors (Lipinski definition) is 1. The van der Waals surface area contributed by atoms with Crippen LogP contribution in [0.4, 0.5) is 0 Å². The van der Waals surface area contributed by atoms with Gasteiger partial charge < -0.3 is 4.90 Å². The zero-order valence-electron chi connectivity index (χ0n) is 15.2. The van der Waals surface area contributed by atoms with E-state index in [1.165, 1.54) is 11.8 Å². The van der Waals surface area contributed by atoms with Gasteiger partial charge in [-0.1, -0.05) is 31.2 Å². The smallest absolute Gasteiger partial charge is 0.271 e. The Kier molecular flexibility index (Phi) is 5.46. The molecule has 7 heteroatoms. The Balaban J connectivity index is 1.71. The van der Waals surface area contributed by atoms with Gasteiger partial charge in [-0.25, -0.2) is 8.42 Å². The first-order valence-corrected chi connectivity index (χ1v) is 11.0. The van der Waals surface area contributed by atoms with Crippen LogP contribution in [0.2, 0.25) is 0 Å². The Bertz CT molecular complexity index is 872. The number of H-pyrrole nitrogens is 1. The number of likely N-dealkylation sites (tertiary alicyclic amines) is 1. The van der Waals surface area contributed by atoms with Crippen LogP contribution < -0.4 is 0 Å². The molecule has 1 N–H and O–H groups in total. The van der Waals surface area contributed by atoms with Gasteiger partial charge in [0.25, 0.3) is 5.91 Å². The predicted molar refractivity (Wildman–Crippen MR) is 102 cm³/mol. The molecule has 0 saturated carbocycles. The van der Waals surface area contributed by atoms with Gasteiger partial charge in [0, 0.05) is 24.9 Å². The molecule has 3 rings (SSSR count). The molecule has 1 saturated heterocycles. The summed E-state index contributed by atoms with van der Waals surface area (Å²) in [7, 11) is -3.03. The van der Waals surface area contributed by atoms with Crippen LogP contribution in [0.25, 0.3) is 11.3 Å². The highest BCUT2D eigenvalue weighted by Gasteiger charge is 2.27. The van der Waals surface area contributed by atoms with E-state index in [0.29, 0.717) is 18.8 Å². The van der Waals surface area contributed by atoms with E-state index in [9.17, 15) is 13.2 Å². The lowest BCUT2D eigenvalue weighted by atomic mass is 10.00. The van der Waals surface area contributed by atoms with Gasteiger partial charge in [-0.2, -0.15) is 5.10 Å². The number of nitrogens with one attached hydrogen (secondary N) is 1. The predicted octanol–water partition coefficient (Wildman–Crippen LogP) is 2.54. The second kappa shape index (κ2) is 7.61. The fraction of sp³-hybridized carbons (Fsp3) is 0.474. The van der Waals surface area contributed by atoms with Crippen molar-refractivity contribution in [2.45, 2.75) is 26.2 Å². The molecule has 1 aliphatic rings. The number of aromatic nitrogens is 2. The highest BCUT2D eigenvalue weighted by atomic mass is 32.2. The van der Waals surface area contributed by atoms with Crippen LogP contribution in [-0.2, 0) is 16.3 Å². The monoisotopic (exact) mass is 375 g/mol. The number of carbonyl (C=O) groups is 1. The minimum atomic E-state index is -3.03. The Labute approximate surface area is 154 Å². The van der Waals surface area contributed by atoms with Gasteiger partial charge in [0.05, 0.1) is 11.4 Å². The van der Waals surface area contributed by atoms with Crippen molar-refractivity contribution in [2.24, 2.45) is 5.92 Å². The summed E-state index contributed by atoms with van der Waals surface area (Å²) in [5.41, 5.74) is 3.40. The molecule has 6 nitrogen and oxygen atoms in total. The van der Waals surface area contributed by atoms with Crippen molar-refractivity contribution < 1.29 is 13.2 Å². The molecule has 0 radical (unpaired) electrons. The van der Waals surface area contributed by atoms with Crippen LogP contribution in [0.15, 0.2) is 30.3 Å². The lowest BCUT2D eigenvalue weighted by molar-refractivity contribution is 0.0678. The molecule has 0 aliphatic carbocycles. The lowest BCUT2D eigenvalue weighted by Crippen LogP contribution is -2.41. The molecule has 1 atom stereocenters. The normalized spacial score (nSPS) is 18.1. The second-order valence-electron chi connectivity index (χ2n) is 7.07. The number of piperidine rings is 1. The van der Waals surface area contributed by atoms with Crippen molar-refractivity contribution in [3.05, 3.63) is 41.6 Å². The lowest BCUT2D eigenvalue weighted by Gasteiger charge is -2.32. The van der Waals surface area contributed by atoms with Gasteiger partial charge in [0.2, 0.25) is 0 Å². The van der Waals surface area contributed by atoms with Crippen LogP contribution in [0.1, 0.15) is 35.8 Å². The third kappa shape index (κ3) is 4.52. The van der Waals surface area contributed by atoms with Gasteiger partial charge in [0.15, 0.2) is 0 Å². The number of carbonyl (C=O) groups excluding carboxylic acids is 1. The molecule has 0 bridgehead atoms. The topological polar surface area (TPSA) is 83.1 Å². The largest absolute Gasteiger partial charge is 0.337 e. The van der Waals surface area contributed by atoms with Crippen LogP contribution in [-0.4, -0.2) is 54.5 Å². The quantitative estimate of drug-likeness (QED) is 0.870. The van der Waals surface area contributed by atoms with Crippen molar-refractivity contribution in [3.63, 3.8) is 0 Å². The van der Waals surface area contributed by atoms with E-state index < -0.39 is 9.84 Å². The first-order chi connectivity index (χ1) is 12.4. The molecule has 140 valence electrons. The van der Waals surface area contributed by atoms with Gasteiger partial charge >= 0.3 is 0 Å². The summed E-state index contributed by atoms with van der Waals surface area (Å²) in [5, 5.41) is 7.10. The van der Waals surface area contributed by atoms with E-state index >= 15 is 0 Å². The molecule has 1 amide bonds. The third-order valence-corrected chi connectivity index (χ3v) is 5.89. The first-order valence-electron chi connectivity index (χ1n) is 8.97. The molecular formula is C19H25N3O3S. The minimum absolute atomic E-state index is 0.00619. The first kappa shape index (κ1) is 18.6. The number of benzene rings is 1. The molecule has 1 aromatic heterocycles. The maximum Gasteiger partial charge on any atom is 0.271 e. The van der Waals surface area contributed by atoms with E-state index in [-0.39, 0.29) is 17.6 Å². The summed E-state index contributed by atoms with van der Waals surface area (Å²) >= 11 is 0. The van der Waals surface area contributed by atoms with Crippen LogP contribution in [0, 0.1) is 5.92 Å². The molecule has 0 spiro atoms. The van der Waals surface area contributed by atoms with Crippen molar-refractivity contribution in [3.8, 4) is 11.3 Å². The fourth-order valence-corrected chi connectivity index (χ4v) is 4.60. The summed E-state index contributed by atoms with van der Waals surface area (Å²) in [6, 6.07) is 9.90. The Morgan fingerprint density at radius 3 is 2.69 bits per heavy atom. The molecular weight excluding hydrogens is 350 g/mol.